The first-order valence-electron chi connectivity index (χ1n) is 10.7. The van der Waals surface area contributed by atoms with Crippen LogP contribution in [-0.4, -0.2) is 42.8 Å². The minimum absolute atomic E-state index is 0.969. The maximum absolute atomic E-state index is 4.62. The second kappa shape index (κ2) is 9.75. The molecule has 1 aliphatic heterocycles. The largest absolute Gasteiger partial charge is 0.371 e. The number of hydrogen-bond donors (Lipinski definition) is 0. The normalized spacial score (nSPS) is 12.9. The Hall–Kier alpha value is -2.88. The molecule has 2 aromatic rings. The SMILES string of the molecule is C=C(C)C=NC(=C(C)C)N(C)CCCN1CCc2cc(-c3cc(C)ccn3)ccc21. The number of pyridine rings is 1. The van der Waals surface area contributed by atoms with Gasteiger partial charge < -0.3 is 9.80 Å². The van der Waals surface area contributed by atoms with Crippen LogP contribution in [0.1, 0.15) is 38.3 Å². The molecule has 0 amide bonds. The molecule has 0 fully saturated rings. The molecule has 4 nitrogen and oxygen atoms in total. The molecule has 1 aromatic carbocycles. The molecule has 0 radical (unpaired) electrons. The van der Waals surface area contributed by atoms with E-state index in [1.54, 1.807) is 0 Å². The highest BCUT2D eigenvalue weighted by Crippen LogP contribution is 2.32. The monoisotopic (exact) mass is 402 g/mol. The lowest BCUT2D eigenvalue weighted by atomic mass is 10.0. The summed E-state index contributed by atoms with van der Waals surface area (Å²) < 4.78 is 0. The number of aliphatic imine (C=N–C) groups is 1. The molecule has 30 heavy (non-hydrogen) atoms. The molecule has 3 rings (SSSR count). The number of aromatic nitrogens is 1. The second-order valence-corrected chi connectivity index (χ2v) is 8.50. The Bertz CT molecular complexity index is 967. The van der Waals surface area contributed by atoms with Crippen LogP contribution in [-0.2, 0) is 6.42 Å². The molecular formula is C26H34N4. The van der Waals surface area contributed by atoms with Crippen LogP contribution < -0.4 is 4.90 Å². The summed E-state index contributed by atoms with van der Waals surface area (Å²) in [5, 5.41) is 0. The number of fused-ring (bicyclic) bond motifs is 1. The fourth-order valence-corrected chi connectivity index (χ4v) is 3.94. The summed E-state index contributed by atoms with van der Waals surface area (Å²) in [7, 11) is 2.12. The average molecular weight is 403 g/mol. The summed E-state index contributed by atoms with van der Waals surface area (Å²) in [6.45, 7) is 15.3. The molecule has 0 saturated carbocycles. The van der Waals surface area contributed by atoms with Gasteiger partial charge in [-0.25, -0.2) is 4.99 Å². The quantitative estimate of drug-likeness (QED) is 0.536. The van der Waals surface area contributed by atoms with Crippen molar-refractivity contribution in [3.05, 3.63) is 71.2 Å². The smallest absolute Gasteiger partial charge is 0.126 e. The van der Waals surface area contributed by atoms with E-state index in [9.17, 15) is 0 Å². The van der Waals surface area contributed by atoms with Crippen LogP contribution in [0.4, 0.5) is 5.69 Å². The van der Waals surface area contributed by atoms with Gasteiger partial charge in [0.05, 0.1) is 5.69 Å². The molecule has 1 aromatic heterocycles. The van der Waals surface area contributed by atoms with Crippen molar-refractivity contribution in [3.63, 3.8) is 0 Å². The first kappa shape index (κ1) is 21.8. The highest BCUT2D eigenvalue weighted by molar-refractivity contribution is 5.77. The molecule has 4 heteroatoms. The van der Waals surface area contributed by atoms with Crippen LogP contribution in [0, 0.1) is 6.92 Å². The number of allylic oxidation sites excluding steroid dienone is 2. The van der Waals surface area contributed by atoms with Gasteiger partial charge in [0, 0.05) is 50.3 Å². The third kappa shape index (κ3) is 5.38. The van der Waals surface area contributed by atoms with Crippen molar-refractivity contribution in [1.29, 1.82) is 0 Å². The van der Waals surface area contributed by atoms with E-state index in [4.69, 9.17) is 0 Å². The van der Waals surface area contributed by atoms with Gasteiger partial charge in [0.2, 0.25) is 0 Å². The lowest BCUT2D eigenvalue weighted by Crippen LogP contribution is -2.26. The van der Waals surface area contributed by atoms with E-state index in [2.05, 4.69) is 78.4 Å². The Balaban J connectivity index is 1.61. The zero-order valence-electron chi connectivity index (χ0n) is 19.1. The van der Waals surface area contributed by atoms with Crippen LogP contribution in [0.5, 0.6) is 0 Å². The number of nitrogens with zero attached hydrogens (tertiary/aromatic N) is 4. The van der Waals surface area contributed by atoms with Crippen molar-refractivity contribution < 1.29 is 0 Å². The Morgan fingerprint density at radius 3 is 2.73 bits per heavy atom. The lowest BCUT2D eigenvalue weighted by Gasteiger charge is -2.24. The number of aryl methyl sites for hydroxylation is 1. The van der Waals surface area contributed by atoms with Gasteiger partial charge in [-0.3, -0.25) is 4.98 Å². The highest BCUT2D eigenvalue weighted by atomic mass is 15.2. The molecule has 0 saturated heterocycles. The van der Waals surface area contributed by atoms with E-state index in [1.165, 1.54) is 28.0 Å². The molecule has 0 bridgehead atoms. The maximum atomic E-state index is 4.62. The van der Waals surface area contributed by atoms with Crippen LogP contribution in [0.25, 0.3) is 11.3 Å². The fourth-order valence-electron chi connectivity index (χ4n) is 3.94. The van der Waals surface area contributed by atoms with Gasteiger partial charge in [-0.15, -0.1) is 0 Å². The highest BCUT2D eigenvalue weighted by Gasteiger charge is 2.19. The minimum Gasteiger partial charge on any atom is -0.371 e. The standard InChI is InChI=1S/C26H34N4/c1-19(2)18-28-26(20(3)4)29(6)13-7-14-30-15-11-23-17-22(8-9-25(23)30)24-16-21(5)10-12-27-24/h8-10,12,16-18H,1,7,11,13-15H2,2-6H3. The van der Waals surface area contributed by atoms with Crippen LogP contribution in [0.15, 0.2) is 65.1 Å². The first-order valence-corrected chi connectivity index (χ1v) is 10.7. The zero-order chi connectivity index (χ0) is 21.7. The number of rotatable bonds is 8. The molecule has 158 valence electrons. The van der Waals surface area contributed by atoms with Gasteiger partial charge in [0.1, 0.15) is 5.82 Å². The summed E-state index contributed by atoms with van der Waals surface area (Å²) in [4.78, 5) is 13.9. The zero-order valence-corrected chi connectivity index (χ0v) is 19.1. The molecule has 0 spiro atoms. The topological polar surface area (TPSA) is 31.7 Å². The van der Waals surface area contributed by atoms with Crippen molar-refractivity contribution in [2.45, 2.75) is 40.5 Å². The molecule has 0 N–H and O–H groups in total. The predicted molar refractivity (Wildman–Crippen MR) is 129 cm³/mol. The van der Waals surface area contributed by atoms with Crippen molar-refractivity contribution in [1.82, 2.24) is 9.88 Å². The summed E-state index contributed by atoms with van der Waals surface area (Å²) in [5.74, 6) is 1.04. The third-order valence-electron chi connectivity index (χ3n) is 5.42. The Kier molecular flexibility index (Phi) is 7.09. The molecule has 2 heterocycles. The maximum Gasteiger partial charge on any atom is 0.126 e. The summed E-state index contributed by atoms with van der Waals surface area (Å²) in [6.07, 6.45) is 5.93. The van der Waals surface area contributed by atoms with Crippen molar-refractivity contribution in [3.8, 4) is 11.3 Å². The third-order valence-corrected chi connectivity index (χ3v) is 5.42. The first-order chi connectivity index (χ1) is 14.3. The molecule has 0 aliphatic carbocycles. The molecule has 1 aliphatic rings. The van der Waals surface area contributed by atoms with E-state index in [0.717, 1.165) is 49.6 Å². The van der Waals surface area contributed by atoms with Gasteiger partial charge in [-0.05, 0) is 87.1 Å². The van der Waals surface area contributed by atoms with E-state index in [1.807, 2.05) is 25.4 Å². The van der Waals surface area contributed by atoms with E-state index in [-0.39, 0.29) is 0 Å². The lowest BCUT2D eigenvalue weighted by molar-refractivity contribution is 0.401. The fraction of sp³-hybridized carbons (Fsp3) is 0.385. The number of anilines is 1. The van der Waals surface area contributed by atoms with Gasteiger partial charge in [-0.2, -0.15) is 0 Å². The van der Waals surface area contributed by atoms with Gasteiger partial charge >= 0.3 is 0 Å². The van der Waals surface area contributed by atoms with Gasteiger partial charge in [0.25, 0.3) is 0 Å². The second-order valence-electron chi connectivity index (χ2n) is 8.50. The minimum atomic E-state index is 0.969. The predicted octanol–water partition coefficient (Wildman–Crippen LogP) is 5.64. The molecule has 0 atom stereocenters. The van der Waals surface area contributed by atoms with Crippen LogP contribution in [0.3, 0.4) is 0 Å². The van der Waals surface area contributed by atoms with E-state index >= 15 is 0 Å². The summed E-state index contributed by atoms with van der Waals surface area (Å²) in [5.41, 5.74) is 8.51. The van der Waals surface area contributed by atoms with Crippen molar-refractivity contribution in [2.24, 2.45) is 4.99 Å². The van der Waals surface area contributed by atoms with Crippen LogP contribution >= 0.6 is 0 Å². The molecule has 0 unspecified atom stereocenters. The molecular weight excluding hydrogens is 368 g/mol. The van der Waals surface area contributed by atoms with E-state index < -0.39 is 0 Å². The average Bonchev–Trinajstić information content (AvgIpc) is 3.10. The summed E-state index contributed by atoms with van der Waals surface area (Å²) in [6, 6.07) is 11.0. The Morgan fingerprint density at radius 1 is 1.23 bits per heavy atom. The Labute approximate surface area is 181 Å². The summed E-state index contributed by atoms with van der Waals surface area (Å²) >= 11 is 0. The van der Waals surface area contributed by atoms with Crippen molar-refractivity contribution in [2.75, 3.05) is 31.6 Å². The van der Waals surface area contributed by atoms with Crippen LogP contribution in [0.2, 0.25) is 0 Å². The van der Waals surface area contributed by atoms with Crippen molar-refractivity contribution >= 4 is 11.9 Å². The number of benzene rings is 1. The Morgan fingerprint density at radius 2 is 2.03 bits per heavy atom. The van der Waals surface area contributed by atoms with Gasteiger partial charge in [-0.1, -0.05) is 12.6 Å². The van der Waals surface area contributed by atoms with Gasteiger partial charge in [0.15, 0.2) is 0 Å². The number of hydrogen-bond acceptors (Lipinski definition) is 4. The van der Waals surface area contributed by atoms with E-state index in [0.29, 0.717) is 0 Å².